The van der Waals surface area contributed by atoms with Crippen LogP contribution in [0.4, 0.5) is 0 Å². The van der Waals surface area contributed by atoms with Crippen LogP contribution < -0.4 is 9.47 Å². The Morgan fingerprint density at radius 1 is 1.00 bits per heavy atom. The molecule has 25 heavy (non-hydrogen) atoms. The number of carbonyl (C=O) groups is 1. The van der Waals surface area contributed by atoms with Crippen LogP contribution in [0.1, 0.15) is 41.6 Å². The van der Waals surface area contributed by atoms with Gasteiger partial charge in [-0.15, -0.1) is 0 Å². The molecular formula is C21H25NO3. The Kier molecular flexibility index (Phi) is 5.94. The van der Waals surface area contributed by atoms with E-state index in [2.05, 4.69) is 0 Å². The third-order valence-corrected chi connectivity index (χ3v) is 4.56. The van der Waals surface area contributed by atoms with E-state index in [4.69, 9.17) is 9.47 Å². The number of ether oxygens (including phenoxy) is 2. The molecule has 0 N–H and O–H groups in total. The Morgan fingerprint density at radius 3 is 2.40 bits per heavy atom. The molecule has 4 heteroatoms. The number of hydrogen-bond acceptors (Lipinski definition) is 3. The van der Waals surface area contributed by atoms with Gasteiger partial charge >= 0.3 is 0 Å². The predicted octanol–water partition coefficient (Wildman–Crippen LogP) is 4.29. The van der Waals surface area contributed by atoms with Crippen LogP contribution in [0.25, 0.3) is 0 Å². The number of amides is 1. The zero-order valence-corrected chi connectivity index (χ0v) is 14.7. The van der Waals surface area contributed by atoms with Gasteiger partial charge in [0.1, 0.15) is 18.1 Å². The topological polar surface area (TPSA) is 38.8 Å². The quantitative estimate of drug-likeness (QED) is 0.816. The molecule has 0 saturated carbocycles. The highest BCUT2D eigenvalue weighted by Crippen LogP contribution is 2.23. The van der Waals surface area contributed by atoms with E-state index >= 15 is 0 Å². The summed E-state index contributed by atoms with van der Waals surface area (Å²) in [5.41, 5.74) is 1.58. The summed E-state index contributed by atoms with van der Waals surface area (Å²) in [5, 5.41) is 0. The van der Waals surface area contributed by atoms with Gasteiger partial charge in [0.25, 0.3) is 5.91 Å². The molecule has 0 bridgehead atoms. The number of carbonyl (C=O) groups excluding carboxylic acids is 1. The second-order valence-corrected chi connectivity index (χ2v) is 6.33. The molecule has 0 atom stereocenters. The summed E-state index contributed by atoms with van der Waals surface area (Å²) in [4.78, 5) is 14.8. The summed E-state index contributed by atoms with van der Waals surface area (Å²) in [6.45, 7) is 2.07. The van der Waals surface area contributed by atoms with Gasteiger partial charge in [0.2, 0.25) is 0 Å². The minimum absolute atomic E-state index is 0.102. The summed E-state index contributed by atoms with van der Waals surface area (Å²) >= 11 is 0. The van der Waals surface area contributed by atoms with E-state index in [0.29, 0.717) is 12.2 Å². The standard InChI is InChI=1S/C21H25NO3/c1-24-20-12-11-17(21(23)22-13-7-2-3-8-14-22)15-18(20)16-25-19-9-5-4-6-10-19/h4-6,9-12,15H,2-3,7-8,13-14,16H2,1H3. The Labute approximate surface area is 149 Å². The lowest BCUT2D eigenvalue weighted by Gasteiger charge is -2.21. The second kappa shape index (κ2) is 8.56. The average molecular weight is 339 g/mol. The molecule has 1 heterocycles. The molecule has 0 aliphatic carbocycles. The number of nitrogens with zero attached hydrogens (tertiary/aromatic N) is 1. The number of para-hydroxylation sites is 1. The summed E-state index contributed by atoms with van der Waals surface area (Å²) in [5.74, 6) is 1.64. The van der Waals surface area contributed by atoms with Gasteiger partial charge in [-0.1, -0.05) is 31.0 Å². The monoisotopic (exact) mass is 339 g/mol. The molecule has 4 nitrogen and oxygen atoms in total. The van der Waals surface area contributed by atoms with Gasteiger partial charge < -0.3 is 14.4 Å². The van der Waals surface area contributed by atoms with E-state index in [9.17, 15) is 4.79 Å². The summed E-state index contributed by atoms with van der Waals surface area (Å²) in [7, 11) is 1.64. The Hall–Kier alpha value is -2.49. The van der Waals surface area contributed by atoms with Crippen molar-refractivity contribution in [3.05, 3.63) is 59.7 Å². The first-order valence-electron chi connectivity index (χ1n) is 8.92. The van der Waals surface area contributed by atoms with Crippen molar-refractivity contribution in [1.82, 2.24) is 4.90 Å². The first-order valence-corrected chi connectivity index (χ1v) is 8.92. The highest BCUT2D eigenvalue weighted by molar-refractivity contribution is 5.94. The molecule has 132 valence electrons. The maximum absolute atomic E-state index is 12.8. The fraction of sp³-hybridized carbons (Fsp3) is 0.381. The highest BCUT2D eigenvalue weighted by Gasteiger charge is 2.18. The van der Waals surface area contributed by atoms with E-state index in [1.54, 1.807) is 7.11 Å². The van der Waals surface area contributed by atoms with E-state index in [1.807, 2.05) is 53.4 Å². The number of benzene rings is 2. The minimum Gasteiger partial charge on any atom is -0.496 e. The van der Waals surface area contributed by atoms with Crippen LogP contribution in [-0.2, 0) is 6.61 Å². The van der Waals surface area contributed by atoms with Crippen LogP contribution in [0, 0.1) is 0 Å². The van der Waals surface area contributed by atoms with Crippen LogP contribution in [0.2, 0.25) is 0 Å². The van der Waals surface area contributed by atoms with Crippen molar-refractivity contribution < 1.29 is 14.3 Å². The van der Waals surface area contributed by atoms with Gasteiger partial charge in [0.15, 0.2) is 0 Å². The molecule has 1 aliphatic heterocycles. The van der Waals surface area contributed by atoms with Crippen molar-refractivity contribution in [1.29, 1.82) is 0 Å². The molecule has 2 aromatic carbocycles. The van der Waals surface area contributed by atoms with Crippen molar-refractivity contribution >= 4 is 5.91 Å². The molecule has 0 radical (unpaired) electrons. The average Bonchev–Trinajstić information content (AvgIpc) is 2.96. The molecule has 1 saturated heterocycles. The highest BCUT2D eigenvalue weighted by atomic mass is 16.5. The molecule has 3 rings (SSSR count). The van der Waals surface area contributed by atoms with Gasteiger partial charge in [-0.3, -0.25) is 4.79 Å². The van der Waals surface area contributed by atoms with Gasteiger partial charge in [-0.2, -0.15) is 0 Å². The molecule has 1 aliphatic rings. The first-order chi connectivity index (χ1) is 12.3. The minimum atomic E-state index is 0.102. The molecule has 2 aromatic rings. The third kappa shape index (κ3) is 4.53. The fourth-order valence-electron chi connectivity index (χ4n) is 3.16. The van der Waals surface area contributed by atoms with E-state index < -0.39 is 0 Å². The Bertz CT molecular complexity index is 692. The largest absolute Gasteiger partial charge is 0.496 e. The van der Waals surface area contributed by atoms with Crippen LogP contribution in [0.5, 0.6) is 11.5 Å². The predicted molar refractivity (Wildman–Crippen MR) is 98.1 cm³/mol. The van der Waals surface area contributed by atoms with Gasteiger partial charge in [-0.25, -0.2) is 0 Å². The SMILES string of the molecule is COc1ccc(C(=O)N2CCCCCC2)cc1COc1ccccc1. The Morgan fingerprint density at radius 2 is 1.72 bits per heavy atom. The summed E-state index contributed by atoms with van der Waals surface area (Å²) in [6, 6.07) is 15.3. The molecule has 1 fully saturated rings. The van der Waals surface area contributed by atoms with Gasteiger partial charge in [-0.05, 0) is 43.2 Å². The van der Waals surface area contributed by atoms with Crippen LogP contribution in [0.3, 0.4) is 0 Å². The Balaban J connectivity index is 1.75. The van der Waals surface area contributed by atoms with Crippen LogP contribution in [0.15, 0.2) is 48.5 Å². The van der Waals surface area contributed by atoms with Crippen molar-refractivity contribution in [2.24, 2.45) is 0 Å². The zero-order valence-electron chi connectivity index (χ0n) is 14.7. The molecule has 0 spiro atoms. The molecule has 0 unspecified atom stereocenters. The summed E-state index contributed by atoms with van der Waals surface area (Å²) in [6.07, 6.45) is 4.60. The second-order valence-electron chi connectivity index (χ2n) is 6.33. The van der Waals surface area contributed by atoms with E-state index in [-0.39, 0.29) is 5.91 Å². The molecular weight excluding hydrogens is 314 g/mol. The van der Waals surface area contributed by atoms with Crippen molar-refractivity contribution in [2.75, 3.05) is 20.2 Å². The smallest absolute Gasteiger partial charge is 0.253 e. The number of rotatable bonds is 5. The van der Waals surface area contributed by atoms with Gasteiger partial charge in [0, 0.05) is 24.2 Å². The van der Waals surface area contributed by atoms with Gasteiger partial charge in [0.05, 0.1) is 7.11 Å². The number of likely N-dealkylation sites (tertiary alicyclic amines) is 1. The van der Waals surface area contributed by atoms with E-state index in [1.165, 1.54) is 12.8 Å². The third-order valence-electron chi connectivity index (χ3n) is 4.56. The van der Waals surface area contributed by atoms with Crippen LogP contribution in [-0.4, -0.2) is 31.0 Å². The summed E-state index contributed by atoms with van der Waals surface area (Å²) < 4.78 is 11.3. The fourth-order valence-corrected chi connectivity index (χ4v) is 3.16. The van der Waals surface area contributed by atoms with Crippen molar-refractivity contribution in [3.63, 3.8) is 0 Å². The number of methoxy groups -OCH3 is 1. The zero-order chi connectivity index (χ0) is 17.5. The number of hydrogen-bond donors (Lipinski definition) is 0. The lowest BCUT2D eigenvalue weighted by Crippen LogP contribution is -2.31. The normalized spacial score (nSPS) is 14.7. The maximum atomic E-state index is 12.8. The lowest BCUT2D eigenvalue weighted by molar-refractivity contribution is 0.0761. The van der Waals surface area contributed by atoms with Crippen LogP contribution >= 0.6 is 0 Å². The van der Waals surface area contributed by atoms with Crippen molar-refractivity contribution in [2.45, 2.75) is 32.3 Å². The molecule has 0 aromatic heterocycles. The molecule has 1 amide bonds. The lowest BCUT2D eigenvalue weighted by atomic mass is 10.1. The van der Waals surface area contributed by atoms with E-state index in [0.717, 1.165) is 43.0 Å². The first kappa shape index (κ1) is 17.3. The van der Waals surface area contributed by atoms with Crippen molar-refractivity contribution in [3.8, 4) is 11.5 Å². The maximum Gasteiger partial charge on any atom is 0.253 e.